The molecule has 1 N–H and O–H groups in total. The highest BCUT2D eigenvalue weighted by Crippen LogP contribution is 2.35. The molecule has 0 atom stereocenters. The minimum absolute atomic E-state index is 0.0423. The first-order chi connectivity index (χ1) is 16.7. The van der Waals surface area contributed by atoms with Crippen LogP contribution < -0.4 is 10.3 Å². The van der Waals surface area contributed by atoms with Gasteiger partial charge in [0.25, 0.3) is 11.1 Å². The lowest BCUT2D eigenvalue weighted by atomic mass is 10.1. The number of hydrazone groups is 1. The van der Waals surface area contributed by atoms with Gasteiger partial charge in [-0.15, -0.1) is 0 Å². The molecule has 3 aromatic carbocycles. The lowest BCUT2D eigenvalue weighted by molar-refractivity contribution is -0.117. The highest BCUT2D eigenvalue weighted by molar-refractivity contribution is 7.99. The van der Waals surface area contributed by atoms with Gasteiger partial charge in [0.15, 0.2) is 5.76 Å². The van der Waals surface area contributed by atoms with Crippen LogP contribution in [0.25, 0.3) is 22.6 Å². The molecule has 1 aromatic heterocycles. The Bertz CT molecular complexity index is 1280. The number of nitrogens with zero attached hydrogens (tertiary/aromatic N) is 3. The summed E-state index contributed by atoms with van der Waals surface area (Å²) < 4.78 is 6.05. The Hall–Kier alpha value is -4.17. The van der Waals surface area contributed by atoms with Gasteiger partial charge < -0.3 is 9.73 Å². The van der Waals surface area contributed by atoms with Crippen LogP contribution in [0.15, 0.2) is 106 Å². The van der Waals surface area contributed by atoms with Crippen molar-refractivity contribution in [3.63, 3.8) is 0 Å². The molecule has 0 bridgehead atoms. The van der Waals surface area contributed by atoms with E-state index in [2.05, 4.69) is 15.4 Å². The zero-order chi connectivity index (χ0) is 23.3. The predicted octanol–water partition coefficient (Wildman–Crippen LogP) is 4.97. The molecule has 8 heteroatoms. The van der Waals surface area contributed by atoms with E-state index in [1.54, 1.807) is 12.1 Å². The van der Waals surface area contributed by atoms with E-state index in [9.17, 15) is 9.59 Å². The largest absolute Gasteiger partial charge is 0.431 e. The van der Waals surface area contributed by atoms with Gasteiger partial charge >= 0.3 is 0 Å². The minimum atomic E-state index is -0.285. The van der Waals surface area contributed by atoms with Crippen molar-refractivity contribution >= 4 is 35.1 Å². The second kappa shape index (κ2) is 9.76. The maximum absolute atomic E-state index is 12.5. The Balaban J connectivity index is 1.28. The van der Waals surface area contributed by atoms with E-state index in [4.69, 9.17) is 4.42 Å². The van der Waals surface area contributed by atoms with Gasteiger partial charge in [0.1, 0.15) is 11.5 Å². The van der Waals surface area contributed by atoms with Crippen molar-refractivity contribution < 1.29 is 14.0 Å². The van der Waals surface area contributed by atoms with Gasteiger partial charge in [0.2, 0.25) is 5.91 Å². The maximum Gasteiger partial charge on any atom is 0.257 e. The van der Waals surface area contributed by atoms with E-state index >= 15 is 0 Å². The number of aromatic nitrogens is 1. The Morgan fingerprint density at radius 1 is 0.912 bits per heavy atom. The van der Waals surface area contributed by atoms with Crippen molar-refractivity contribution in [3.05, 3.63) is 91.0 Å². The van der Waals surface area contributed by atoms with E-state index in [1.807, 2.05) is 78.9 Å². The number of rotatable bonds is 6. The van der Waals surface area contributed by atoms with Gasteiger partial charge in [0, 0.05) is 11.1 Å². The zero-order valence-corrected chi connectivity index (χ0v) is 18.9. The molecule has 0 aliphatic carbocycles. The van der Waals surface area contributed by atoms with Crippen LogP contribution >= 0.6 is 11.8 Å². The summed E-state index contributed by atoms with van der Waals surface area (Å²) in [5.74, 6) is 0.566. The van der Waals surface area contributed by atoms with E-state index in [0.717, 1.165) is 16.8 Å². The number of oxazole rings is 1. The third-order valence-corrected chi connectivity index (χ3v) is 5.91. The number of thioether (sulfide) groups is 1. The monoisotopic (exact) mass is 468 g/mol. The Labute approximate surface area is 200 Å². The van der Waals surface area contributed by atoms with Crippen molar-refractivity contribution in [3.8, 4) is 22.6 Å². The van der Waals surface area contributed by atoms with Gasteiger partial charge in [-0.3, -0.25) is 9.59 Å². The molecular formula is C26H20N4O3S. The van der Waals surface area contributed by atoms with Crippen molar-refractivity contribution in [1.82, 2.24) is 10.3 Å². The normalized spacial score (nSPS) is 13.1. The van der Waals surface area contributed by atoms with Crippen LogP contribution in [0.5, 0.6) is 0 Å². The van der Waals surface area contributed by atoms with Crippen LogP contribution in [0.3, 0.4) is 0 Å². The summed E-state index contributed by atoms with van der Waals surface area (Å²) in [6.07, 6.45) is 0.0423. The molecule has 7 nitrogen and oxygen atoms in total. The summed E-state index contributed by atoms with van der Waals surface area (Å²) in [6.45, 7) is 0. The number of amidine groups is 1. The highest BCUT2D eigenvalue weighted by atomic mass is 32.2. The lowest BCUT2D eigenvalue weighted by Crippen LogP contribution is -2.31. The summed E-state index contributed by atoms with van der Waals surface area (Å²) in [7, 11) is 0. The molecule has 0 saturated carbocycles. The van der Waals surface area contributed by atoms with Crippen LogP contribution in [0.1, 0.15) is 6.42 Å². The van der Waals surface area contributed by atoms with Crippen LogP contribution in [-0.4, -0.2) is 28.4 Å². The fourth-order valence-electron chi connectivity index (χ4n) is 3.53. The van der Waals surface area contributed by atoms with Gasteiger partial charge in [0.05, 0.1) is 17.9 Å². The molecule has 2 heterocycles. The van der Waals surface area contributed by atoms with Gasteiger partial charge in [-0.2, -0.15) is 10.1 Å². The van der Waals surface area contributed by atoms with Crippen molar-refractivity contribution in [2.45, 2.75) is 11.6 Å². The highest BCUT2D eigenvalue weighted by Gasteiger charge is 2.26. The van der Waals surface area contributed by atoms with E-state index in [-0.39, 0.29) is 24.0 Å². The molecule has 0 radical (unpaired) electrons. The number of carbonyl (C=O) groups excluding carboxylic acids is 2. The maximum atomic E-state index is 12.5. The molecule has 2 amide bonds. The molecule has 0 spiro atoms. The molecule has 0 unspecified atom stereocenters. The summed E-state index contributed by atoms with van der Waals surface area (Å²) in [6, 6.07) is 28.6. The van der Waals surface area contributed by atoms with E-state index in [0.29, 0.717) is 22.5 Å². The second-order valence-electron chi connectivity index (χ2n) is 7.49. The van der Waals surface area contributed by atoms with E-state index in [1.165, 1.54) is 16.8 Å². The topological polar surface area (TPSA) is 87.8 Å². The fourth-order valence-corrected chi connectivity index (χ4v) is 4.16. The SMILES string of the molecule is O=C(CSc1nc(-c2ccccc2)c(-c2ccccc2)o1)NC1=NN(c2ccccc2)C(=O)C1. The van der Waals surface area contributed by atoms with Crippen LogP contribution in [-0.2, 0) is 9.59 Å². The molecule has 168 valence electrons. The molecule has 0 saturated heterocycles. The number of para-hydroxylation sites is 1. The lowest BCUT2D eigenvalue weighted by Gasteiger charge is -2.10. The molecule has 4 aromatic rings. The van der Waals surface area contributed by atoms with Crippen molar-refractivity contribution in [2.24, 2.45) is 5.10 Å². The number of hydrogen-bond donors (Lipinski definition) is 1. The first kappa shape index (κ1) is 21.7. The molecular weight excluding hydrogens is 448 g/mol. The fraction of sp³-hybridized carbons (Fsp3) is 0.0769. The Morgan fingerprint density at radius 2 is 1.53 bits per heavy atom. The molecule has 5 rings (SSSR count). The number of carbonyl (C=O) groups is 2. The quantitative estimate of drug-likeness (QED) is 0.404. The summed E-state index contributed by atoms with van der Waals surface area (Å²) >= 11 is 1.19. The van der Waals surface area contributed by atoms with Gasteiger partial charge in [-0.1, -0.05) is 90.6 Å². The van der Waals surface area contributed by atoms with Crippen molar-refractivity contribution in [1.29, 1.82) is 0 Å². The van der Waals surface area contributed by atoms with E-state index < -0.39 is 0 Å². The number of benzene rings is 3. The Kier molecular flexibility index (Phi) is 6.22. The minimum Gasteiger partial charge on any atom is -0.431 e. The van der Waals surface area contributed by atoms with Crippen LogP contribution in [0.4, 0.5) is 5.69 Å². The smallest absolute Gasteiger partial charge is 0.257 e. The molecule has 34 heavy (non-hydrogen) atoms. The van der Waals surface area contributed by atoms with Crippen LogP contribution in [0, 0.1) is 0 Å². The Morgan fingerprint density at radius 3 is 2.21 bits per heavy atom. The van der Waals surface area contributed by atoms with Crippen molar-refractivity contribution in [2.75, 3.05) is 10.8 Å². The average molecular weight is 469 g/mol. The van der Waals surface area contributed by atoms with Gasteiger partial charge in [-0.25, -0.2) is 4.98 Å². The number of amides is 2. The third-order valence-electron chi connectivity index (χ3n) is 5.08. The molecule has 0 fully saturated rings. The first-order valence-corrected chi connectivity index (χ1v) is 11.7. The third kappa shape index (κ3) is 4.77. The van der Waals surface area contributed by atoms with Gasteiger partial charge in [-0.05, 0) is 12.1 Å². The standard InChI is InChI=1S/C26H20N4O3S/c31-22(27-21-16-23(32)30(29-21)20-14-8-3-9-15-20)17-34-26-28-24(18-10-4-1-5-11-18)25(33-26)19-12-6-2-7-13-19/h1-15H,16-17H2,(H,27,29,31). The van der Waals surface area contributed by atoms with Crippen LogP contribution in [0.2, 0.25) is 0 Å². The predicted molar refractivity (Wildman–Crippen MR) is 132 cm³/mol. The summed E-state index contributed by atoms with van der Waals surface area (Å²) in [5, 5.41) is 8.67. The summed E-state index contributed by atoms with van der Waals surface area (Å²) in [4.78, 5) is 29.5. The molecule has 1 aliphatic rings. The number of anilines is 1. The number of nitrogens with one attached hydrogen (secondary N) is 1. The number of hydrogen-bond acceptors (Lipinski definition) is 6. The molecule has 1 aliphatic heterocycles. The average Bonchev–Trinajstić information content (AvgIpc) is 3.48. The summed E-state index contributed by atoms with van der Waals surface area (Å²) in [5.41, 5.74) is 3.22. The zero-order valence-electron chi connectivity index (χ0n) is 18.0. The first-order valence-electron chi connectivity index (χ1n) is 10.7. The second-order valence-corrected chi connectivity index (χ2v) is 8.42.